The van der Waals surface area contributed by atoms with Gasteiger partial charge in [0.05, 0.1) is 22.7 Å². The van der Waals surface area contributed by atoms with Crippen molar-refractivity contribution < 1.29 is 18.0 Å². The topological polar surface area (TPSA) is 79.7 Å². The van der Waals surface area contributed by atoms with E-state index in [0.717, 1.165) is 36.9 Å². The van der Waals surface area contributed by atoms with Crippen LogP contribution in [0.2, 0.25) is 0 Å². The van der Waals surface area contributed by atoms with Crippen LogP contribution in [0.3, 0.4) is 0 Å². The number of nitrogens with zero attached hydrogens (tertiary/aromatic N) is 3. The smallest absolute Gasteiger partial charge is 0.268 e. The number of aromatic nitrogens is 1. The fraction of sp³-hybridized carbons (Fsp3) is 0.385. The lowest BCUT2D eigenvalue weighted by atomic mass is 9.92. The Balaban J connectivity index is 0.000000177. The van der Waals surface area contributed by atoms with E-state index in [0.29, 0.717) is 30.7 Å². The number of carbonyl (C=O) groups is 2. The van der Waals surface area contributed by atoms with E-state index < -0.39 is 15.4 Å². The van der Waals surface area contributed by atoms with Crippen molar-refractivity contribution in [2.45, 2.75) is 72.2 Å². The molecular formula is C39H45N3O4S. The maximum Gasteiger partial charge on any atom is 0.268 e. The van der Waals surface area contributed by atoms with Crippen LogP contribution in [0, 0.1) is 10.8 Å². The number of amides is 2. The molecule has 3 heterocycles. The van der Waals surface area contributed by atoms with Gasteiger partial charge in [-0.25, -0.2) is 12.4 Å². The van der Waals surface area contributed by atoms with Crippen molar-refractivity contribution >= 4 is 38.3 Å². The van der Waals surface area contributed by atoms with E-state index in [1.165, 1.54) is 26.2 Å². The third kappa shape index (κ3) is 6.16. The van der Waals surface area contributed by atoms with Gasteiger partial charge in [-0.2, -0.15) is 0 Å². The Labute approximate surface area is 278 Å². The summed E-state index contributed by atoms with van der Waals surface area (Å²) in [6, 6.07) is 24.7. The number of para-hydroxylation sites is 1. The first-order valence-corrected chi connectivity index (χ1v) is 17.9. The Morgan fingerprint density at radius 3 is 1.94 bits per heavy atom. The highest BCUT2D eigenvalue weighted by Gasteiger charge is 2.35. The second-order valence-corrected chi connectivity index (χ2v) is 16.7. The van der Waals surface area contributed by atoms with Crippen LogP contribution in [0.25, 0.3) is 16.5 Å². The predicted molar refractivity (Wildman–Crippen MR) is 187 cm³/mol. The molecule has 3 aromatic carbocycles. The van der Waals surface area contributed by atoms with Gasteiger partial charge in [0, 0.05) is 35.9 Å². The molecule has 0 saturated carbocycles. The van der Waals surface area contributed by atoms with Crippen LogP contribution in [-0.2, 0) is 39.0 Å². The highest BCUT2D eigenvalue weighted by Crippen LogP contribution is 2.39. The lowest BCUT2D eigenvalue weighted by Crippen LogP contribution is -2.43. The molecule has 0 N–H and O–H groups in total. The van der Waals surface area contributed by atoms with E-state index in [4.69, 9.17) is 0 Å². The lowest BCUT2D eigenvalue weighted by Gasteiger charge is -2.33. The molecule has 47 heavy (non-hydrogen) atoms. The molecule has 1 aliphatic carbocycles. The molecule has 4 aromatic rings. The van der Waals surface area contributed by atoms with E-state index in [1.54, 1.807) is 35.2 Å². The van der Waals surface area contributed by atoms with Crippen molar-refractivity contribution in [3.05, 3.63) is 107 Å². The van der Waals surface area contributed by atoms with Gasteiger partial charge in [0.2, 0.25) is 11.8 Å². The number of rotatable bonds is 2. The molecule has 0 fully saturated rings. The summed E-state index contributed by atoms with van der Waals surface area (Å²) in [7, 11) is -3.77. The van der Waals surface area contributed by atoms with Crippen LogP contribution in [0.15, 0.2) is 89.3 Å². The van der Waals surface area contributed by atoms with Crippen molar-refractivity contribution in [1.82, 2.24) is 13.8 Å². The summed E-state index contributed by atoms with van der Waals surface area (Å²) in [6.07, 6.45) is 2.68. The molecule has 3 aliphatic rings. The third-order valence-corrected chi connectivity index (χ3v) is 11.1. The van der Waals surface area contributed by atoms with Gasteiger partial charge in [-0.15, -0.1) is 0 Å². The monoisotopic (exact) mass is 651 g/mol. The standard InChI is InChI=1S/C22H24N2O3S.C17H21NO/c1-22(2,3)21(25)23-14-13-18-17-11-7-8-12-19(17)24(20(18)15-23)28(26,27)16-9-5-4-6-10-16;1-17(2,3)16(19)18-9-8-15-13(11-18)10-12-6-4-5-7-14(12)15/h4-12H,13-15H2,1-3H3;4-7H,8-11H2,1-3H3. The summed E-state index contributed by atoms with van der Waals surface area (Å²) in [6.45, 7) is 14.3. The zero-order valence-electron chi connectivity index (χ0n) is 28.3. The summed E-state index contributed by atoms with van der Waals surface area (Å²) in [5.74, 6) is 0.307. The molecule has 7 nitrogen and oxygen atoms in total. The maximum absolute atomic E-state index is 13.5. The summed E-state index contributed by atoms with van der Waals surface area (Å²) >= 11 is 0. The highest BCUT2D eigenvalue weighted by atomic mass is 32.2. The van der Waals surface area contributed by atoms with Gasteiger partial charge in [0.1, 0.15) is 0 Å². The fourth-order valence-electron chi connectivity index (χ4n) is 7.06. The molecule has 0 spiro atoms. The van der Waals surface area contributed by atoms with Crippen LogP contribution in [0.5, 0.6) is 0 Å². The van der Waals surface area contributed by atoms with Crippen molar-refractivity contribution in [2.24, 2.45) is 10.8 Å². The van der Waals surface area contributed by atoms with Gasteiger partial charge in [-0.3, -0.25) is 9.59 Å². The Kier molecular flexibility index (Phi) is 8.45. The third-order valence-electron chi connectivity index (χ3n) is 9.34. The van der Waals surface area contributed by atoms with Crippen molar-refractivity contribution in [3.63, 3.8) is 0 Å². The van der Waals surface area contributed by atoms with E-state index >= 15 is 0 Å². The second-order valence-electron chi connectivity index (χ2n) is 14.9. The quantitative estimate of drug-likeness (QED) is 0.232. The molecule has 246 valence electrons. The maximum atomic E-state index is 13.5. The van der Waals surface area contributed by atoms with E-state index in [9.17, 15) is 18.0 Å². The zero-order valence-corrected chi connectivity index (χ0v) is 29.2. The largest absolute Gasteiger partial charge is 0.338 e. The molecule has 0 radical (unpaired) electrons. The lowest BCUT2D eigenvalue weighted by molar-refractivity contribution is -0.140. The first-order valence-electron chi connectivity index (χ1n) is 16.5. The molecular weight excluding hydrogens is 607 g/mol. The predicted octanol–water partition coefficient (Wildman–Crippen LogP) is 7.08. The van der Waals surface area contributed by atoms with Gasteiger partial charge in [0.15, 0.2) is 0 Å². The number of hydrogen-bond acceptors (Lipinski definition) is 4. The minimum Gasteiger partial charge on any atom is -0.338 e. The molecule has 8 heteroatoms. The van der Waals surface area contributed by atoms with Gasteiger partial charge in [-0.1, -0.05) is 102 Å². The molecule has 1 aromatic heterocycles. The molecule has 2 aliphatic heterocycles. The Hall–Kier alpha value is -4.17. The first kappa shape index (κ1) is 32.8. The van der Waals surface area contributed by atoms with Crippen molar-refractivity contribution in [2.75, 3.05) is 19.6 Å². The van der Waals surface area contributed by atoms with Crippen LogP contribution >= 0.6 is 0 Å². The summed E-state index contributed by atoms with van der Waals surface area (Å²) in [5.41, 5.74) is 7.39. The van der Waals surface area contributed by atoms with E-state index in [1.807, 2.05) is 70.7 Å². The summed E-state index contributed by atoms with van der Waals surface area (Å²) in [4.78, 5) is 29.3. The SMILES string of the molecule is CC(C)(C)C(=O)N1CCC2=C(Cc3ccccc32)C1.CC(C)(C)C(=O)N1CCc2c(n(S(=O)(=O)c3ccccc3)c3ccccc23)C1. The molecule has 7 rings (SSSR count). The van der Waals surface area contributed by atoms with Gasteiger partial charge in [-0.05, 0) is 65.3 Å². The highest BCUT2D eigenvalue weighted by molar-refractivity contribution is 7.90. The average molecular weight is 652 g/mol. The number of benzene rings is 3. The van der Waals surface area contributed by atoms with E-state index in [-0.39, 0.29) is 22.1 Å². The zero-order chi connectivity index (χ0) is 33.7. The van der Waals surface area contributed by atoms with Gasteiger partial charge < -0.3 is 9.80 Å². The Bertz CT molecular complexity index is 1990. The number of fused-ring (bicyclic) bond motifs is 5. The van der Waals surface area contributed by atoms with Crippen LogP contribution < -0.4 is 0 Å². The minimum atomic E-state index is -3.77. The molecule has 0 bridgehead atoms. The van der Waals surface area contributed by atoms with Crippen molar-refractivity contribution in [1.29, 1.82) is 0 Å². The van der Waals surface area contributed by atoms with Gasteiger partial charge in [0.25, 0.3) is 10.0 Å². The molecule has 2 amide bonds. The number of carbonyl (C=O) groups excluding carboxylic acids is 2. The normalized spacial score (nSPS) is 16.3. The van der Waals surface area contributed by atoms with Crippen LogP contribution in [-0.4, -0.2) is 53.6 Å². The van der Waals surface area contributed by atoms with Crippen molar-refractivity contribution in [3.8, 4) is 0 Å². The summed E-state index contributed by atoms with van der Waals surface area (Å²) in [5, 5.41) is 0.944. The molecule has 0 saturated heterocycles. The second kappa shape index (κ2) is 12.1. The fourth-order valence-corrected chi connectivity index (χ4v) is 8.65. The molecule has 0 unspecified atom stereocenters. The Morgan fingerprint density at radius 2 is 1.26 bits per heavy atom. The summed E-state index contributed by atoms with van der Waals surface area (Å²) < 4.78 is 28.5. The van der Waals surface area contributed by atoms with Crippen LogP contribution in [0.4, 0.5) is 0 Å². The molecule has 0 atom stereocenters. The van der Waals surface area contributed by atoms with Gasteiger partial charge >= 0.3 is 0 Å². The van der Waals surface area contributed by atoms with E-state index in [2.05, 4.69) is 24.3 Å². The minimum absolute atomic E-state index is 0.0343. The first-order chi connectivity index (χ1) is 22.2. The van der Waals surface area contributed by atoms with Crippen LogP contribution in [0.1, 0.15) is 70.3 Å². The Morgan fingerprint density at radius 1 is 0.681 bits per heavy atom. The average Bonchev–Trinajstić information content (AvgIpc) is 3.59. The number of hydrogen-bond donors (Lipinski definition) is 0.